The van der Waals surface area contributed by atoms with Crippen molar-refractivity contribution in [1.82, 2.24) is 5.32 Å². The molecule has 7 heteroatoms. The van der Waals surface area contributed by atoms with Crippen LogP contribution in [-0.4, -0.2) is 45.1 Å². The lowest BCUT2D eigenvalue weighted by molar-refractivity contribution is -0.119. The molecule has 0 heterocycles. The zero-order valence-corrected chi connectivity index (χ0v) is 26.0. The Kier molecular flexibility index (Phi) is 11.2. The number of amides is 1. The summed E-state index contributed by atoms with van der Waals surface area (Å²) in [7, 11) is -2.74. The van der Waals surface area contributed by atoms with Gasteiger partial charge in [-0.15, -0.1) is 0 Å². The molecule has 41 heavy (non-hydrogen) atoms. The van der Waals surface area contributed by atoms with Gasteiger partial charge in [-0.2, -0.15) is 0 Å². The lowest BCUT2D eigenvalue weighted by Gasteiger charge is -2.42. The van der Waals surface area contributed by atoms with E-state index in [4.69, 9.17) is 13.9 Å². The average molecular weight is 574 g/mol. The van der Waals surface area contributed by atoms with Crippen molar-refractivity contribution in [2.75, 3.05) is 6.61 Å². The molecule has 3 rings (SSSR count). The molecule has 0 aromatic heterocycles. The van der Waals surface area contributed by atoms with E-state index in [0.29, 0.717) is 6.29 Å². The Bertz CT molecular complexity index is 1210. The van der Waals surface area contributed by atoms with Crippen molar-refractivity contribution in [1.29, 1.82) is 0 Å². The number of ether oxygens (including phenoxy) is 2. The van der Waals surface area contributed by atoms with E-state index in [1.54, 1.807) is 26.8 Å². The van der Waals surface area contributed by atoms with Crippen LogP contribution in [0.3, 0.4) is 0 Å². The van der Waals surface area contributed by atoms with Crippen LogP contribution in [0.4, 0.5) is 4.79 Å². The van der Waals surface area contributed by atoms with E-state index in [9.17, 15) is 9.59 Å². The van der Waals surface area contributed by atoms with Crippen LogP contribution in [-0.2, 0) is 25.3 Å². The Morgan fingerprint density at radius 3 is 1.80 bits per heavy atom. The third kappa shape index (κ3) is 8.98. The monoisotopic (exact) mass is 573 g/mol. The fourth-order valence-corrected chi connectivity index (χ4v) is 9.32. The summed E-state index contributed by atoms with van der Waals surface area (Å²) in [5.41, 5.74) is 0.237. The lowest BCUT2D eigenvalue weighted by Crippen LogP contribution is -2.66. The molecule has 1 amide bonds. The summed E-state index contributed by atoms with van der Waals surface area (Å²) in [5, 5.41) is 4.97. The largest absolute Gasteiger partial charge is 0.444 e. The minimum atomic E-state index is -2.74. The second-order valence-electron chi connectivity index (χ2n) is 12.0. The number of hydrogen-bond donors (Lipinski definition) is 1. The molecule has 0 aliphatic rings. The van der Waals surface area contributed by atoms with Crippen LogP contribution in [0.5, 0.6) is 0 Å². The predicted molar refractivity (Wildman–Crippen MR) is 167 cm³/mol. The van der Waals surface area contributed by atoms with E-state index in [2.05, 4.69) is 50.4 Å². The summed E-state index contributed by atoms with van der Waals surface area (Å²) < 4.78 is 18.3. The number of benzene rings is 3. The maximum atomic E-state index is 12.7. The van der Waals surface area contributed by atoms with Gasteiger partial charge in [-0.25, -0.2) is 4.79 Å². The quantitative estimate of drug-likeness (QED) is 0.169. The SMILES string of the molecule is CC(C)(C)OC(=O)N[C@@H](/C=C/CO[Si](c1ccccc1)(c1ccccc1)C(C)(C)C)[C@H](C=O)OCc1ccccc1. The third-order valence-corrected chi connectivity index (χ3v) is 11.6. The van der Waals surface area contributed by atoms with Gasteiger partial charge in [0.1, 0.15) is 11.7 Å². The highest BCUT2D eigenvalue weighted by atomic mass is 28.4. The minimum Gasteiger partial charge on any atom is -0.444 e. The number of rotatable bonds is 12. The summed E-state index contributed by atoms with van der Waals surface area (Å²) in [5.74, 6) is 0. The summed E-state index contributed by atoms with van der Waals surface area (Å²) in [6, 6.07) is 29.6. The second-order valence-corrected chi connectivity index (χ2v) is 16.3. The van der Waals surface area contributed by atoms with Crippen molar-refractivity contribution in [2.45, 2.75) is 70.9 Å². The highest BCUT2D eigenvalue weighted by Crippen LogP contribution is 2.36. The standard InChI is InChI=1S/C34H43NO5Si/c1-33(2,3)40-32(37)35-30(31(25-36)38-26-27-17-10-7-11-18-27)23-16-24-39-41(34(4,5)6,28-19-12-8-13-20-28)29-21-14-9-15-22-29/h7-23,25,30-31H,24,26H2,1-6H3,(H,35,37)/b23-16+/t30-,31-/m0/s1. The van der Waals surface area contributed by atoms with Gasteiger partial charge in [0.25, 0.3) is 8.32 Å². The van der Waals surface area contributed by atoms with Crippen molar-refractivity contribution in [3.05, 3.63) is 109 Å². The van der Waals surface area contributed by atoms with Crippen molar-refractivity contribution in [3.8, 4) is 0 Å². The fourth-order valence-electron chi connectivity index (χ4n) is 4.81. The smallest absolute Gasteiger partial charge is 0.408 e. The van der Waals surface area contributed by atoms with Gasteiger partial charge in [-0.3, -0.25) is 0 Å². The molecular formula is C34H43NO5Si. The number of hydrogen-bond acceptors (Lipinski definition) is 5. The van der Waals surface area contributed by atoms with Gasteiger partial charge in [0.15, 0.2) is 6.29 Å². The minimum absolute atomic E-state index is 0.179. The van der Waals surface area contributed by atoms with Crippen LogP contribution in [0.25, 0.3) is 0 Å². The predicted octanol–water partition coefficient (Wildman–Crippen LogP) is 5.80. The third-order valence-electron chi connectivity index (χ3n) is 6.61. The Balaban J connectivity index is 1.88. The van der Waals surface area contributed by atoms with Gasteiger partial charge >= 0.3 is 6.09 Å². The number of carbonyl (C=O) groups excluding carboxylic acids is 2. The van der Waals surface area contributed by atoms with Crippen LogP contribution in [0.1, 0.15) is 47.1 Å². The number of alkyl carbamates (subject to hydrolysis) is 1. The number of aldehydes is 1. The Hall–Kier alpha value is -3.52. The zero-order chi connectivity index (χ0) is 29.9. The highest BCUT2D eigenvalue weighted by molar-refractivity contribution is 6.99. The molecule has 0 bridgehead atoms. The summed E-state index contributed by atoms with van der Waals surface area (Å²) >= 11 is 0. The van der Waals surface area contributed by atoms with Gasteiger partial charge in [-0.1, -0.05) is 124 Å². The first-order chi connectivity index (χ1) is 19.5. The fraction of sp³-hybridized carbons (Fsp3) is 0.353. The second kappa shape index (κ2) is 14.4. The summed E-state index contributed by atoms with van der Waals surface area (Å²) in [6.45, 7) is 12.5. The van der Waals surface area contributed by atoms with Crippen LogP contribution in [0.2, 0.25) is 5.04 Å². The van der Waals surface area contributed by atoms with Gasteiger partial charge in [0.05, 0.1) is 19.3 Å². The first-order valence-corrected chi connectivity index (χ1v) is 15.9. The Morgan fingerprint density at radius 1 is 0.829 bits per heavy atom. The lowest BCUT2D eigenvalue weighted by atomic mass is 10.1. The van der Waals surface area contributed by atoms with E-state index in [1.165, 1.54) is 10.4 Å². The molecule has 0 saturated carbocycles. The van der Waals surface area contributed by atoms with Crippen LogP contribution in [0, 0.1) is 0 Å². The molecular weight excluding hydrogens is 530 g/mol. The molecule has 3 aromatic carbocycles. The molecule has 2 atom stereocenters. The van der Waals surface area contributed by atoms with E-state index in [-0.39, 0.29) is 18.3 Å². The van der Waals surface area contributed by atoms with Crippen molar-refractivity contribution < 1.29 is 23.5 Å². The Morgan fingerprint density at radius 2 is 1.34 bits per heavy atom. The van der Waals surface area contributed by atoms with Crippen LogP contribution >= 0.6 is 0 Å². The summed E-state index contributed by atoms with van der Waals surface area (Å²) in [6.07, 6.45) is 2.76. The maximum Gasteiger partial charge on any atom is 0.408 e. The molecule has 3 aromatic rings. The van der Waals surface area contributed by atoms with Crippen LogP contribution < -0.4 is 15.7 Å². The molecule has 1 N–H and O–H groups in total. The summed E-state index contributed by atoms with van der Waals surface area (Å²) in [4.78, 5) is 24.8. The van der Waals surface area contributed by atoms with E-state index in [1.807, 2.05) is 72.8 Å². The molecule has 0 saturated heterocycles. The molecule has 0 fully saturated rings. The van der Waals surface area contributed by atoms with E-state index >= 15 is 0 Å². The molecule has 0 spiro atoms. The first kappa shape index (κ1) is 32.0. The molecule has 0 aliphatic heterocycles. The molecule has 218 valence electrons. The molecule has 0 radical (unpaired) electrons. The van der Waals surface area contributed by atoms with Crippen molar-refractivity contribution >= 4 is 31.1 Å². The Labute approximate surface area is 245 Å². The zero-order valence-electron chi connectivity index (χ0n) is 25.0. The van der Waals surface area contributed by atoms with Crippen LogP contribution in [0.15, 0.2) is 103 Å². The average Bonchev–Trinajstić information content (AvgIpc) is 2.93. The molecule has 6 nitrogen and oxygen atoms in total. The van der Waals surface area contributed by atoms with Gasteiger partial charge in [-0.05, 0) is 41.7 Å². The van der Waals surface area contributed by atoms with E-state index in [0.717, 1.165) is 5.56 Å². The molecule has 0 unspecified atom stereocenters. The number of carbonyl (C=O) groups is 2. The maximum absolute atomic E-state index is 12.7. The normalized spacial score (nSPS) is 13.9. The van der Waals surface area contributed by atoms with E-state index < -0.39 is 32.2 Å². The topological polar surface area (TPSA) is 73.9 Å². The van der Waals surface area contributed by atoms with Crippen molar-refractivity contribution in [3.63, 3.8) is 0 Å². The van der Waals surface area contributed by atoms with Crippen molar-refractivity contribution in [2.24, 2.45) is 0 Å². The van der Waals surface area contributed by atoms with Gasteiger partial charge in [0, 0.05) is 0 Å². The first-order valence-electron chi connectivity index (χ1n) is 14.0. The van der Waals surface area contributed by atoms with Gasteiger partial charge in [0.2, 0.25) is 0 Å². The van der Waals surface area contributed by atoms with Gasteiger partial charge < -0.3 is 24.0 Å². The highest BCUT2D eigenvalue weighted by Gasteiger charge is 2.49. The molecule has 0 aliphatic carbocycles. The number of nitrogens with one attached hydrogen (secondary N) is 1.